The van der Waals surface area contributed by atoms with Gasteiger partial charge in [-0.05, 0) is 18.8 Å². The Morgan fingerprint density at radius 3 is 2.25 bits per heavy atom. The fourth-order valence-corrected chi connectivity index (χ4v) is 5.25. The molecule has 0 radical (unpaired) electrons. The second-order valence-corrected chi connectivity index (χ2v) is 6.90. The third kappa shape index (κ3) is 2.10. The molecule has 1 fully saturated rings. The van der Waals surface area contributed by atoms with E-state index in [0.29, 0.717) is 19.4 Å². The molecule has 0 saturated carbocycles. The Balaban J connectivity index is 3.19. The number of thiocarbonyl (C=S) groups is 1. The molecule has 1 atom stereocenters. The number of nitrogens with two attached hydrogens (primary N) is 1. The number of rotatable bonds is 4. The maximum Gasteiger partial charge on any atom is 0.215 e. The summed E-state index contributed by atoms with van der Waals surface area (Å²) in [5.74, 6) is 0.356. The van der Waals surface area contributed by atoms with Crippen LogP contribution >= 0.6 is 12.2 Å². The highest BCUT2D eigenvalue weighted by Gasteiger charge is 2.47. The topological polar surface area (TPSA) is 63.4 Å². The molecule has 1 saturated heterocycles. The summed E-state index contributed by atoms with van der Waals surface area (Å²) in [6.45, 7) is 6.33. The lowest BCUT2D eigenvalue weighted by atomic mass is 9.92. The van der Waals surface area contributed by atoms with Gasteiger partial charge in [0, 0.05) is 6.54 Å². The lowest BCUT2D eigenvalue weighted by molar-refractivity contribution is 0.249. The van der Waals surface area contributed by atoms with E-state index in [0.717, 1.165) is 0 Å². The molecular weight excluding hydrogens is 244 g/mol. The standard InChI is InChI=1S/C10H20N2O2S2/c1-4-10(5-2,9(11)15)12-6-8(3)7-16(12,13)14/h8H,4-7H2,1-3H3,(H2,11,15). The van der Waals surface area contributed by atoms with Crippen molar-refractivity contribution in [1.29, 1.82) is 0 Å². The summed E-state index contributed by atoms with van der Waals surface area (Å²) >= 11 is 5.08. The van der Waals surface area contributed by atoms with Crippen molar-refractivity contribution in [3.63, 3.8) is 0 Å². The van der Waals surface area contributed by atoms with Gasteiger partial charge in [-0.2, -0.15) is 4.31 Å². The lowest BCUT2D eigenvalue weighted by Crippen LogP contribution is -2.56. The van der Waals surface area contributed by atoms with E-state index in [1.807, 2.05) is 20.8 Å². The third-order valence-corrected chi connectivity index (χ3v) is 5.95. The Kier molecular flexibility index (Phi) is 3.97. The SMILES string of the molecule is CCC(CC)(C(N)=S)N1CC(C)CS1(=O)=O. The van der Waals surface area contributed by atoms with Crippen LogP contribution in [0.3, 0.4) is 0 Å². The summed E-state index contributed by atoms with van der Waals surface area (Å²) in [5.41, 5.74) is 5.10. The van der Waals surface area contributed by atoms with E-state index in [4.69, 9.17) is 18.0 Å². The van der Waals surface area contributed by atoms with Gasteiger partial charge >= 0.3 is 0 Å². The Bertz CT molecular complexity index is 374. The molecule has 2 N–H and O–H groups in total. The molecule has 0 aromatic rings. The van der Waals surface area contributed by atoms with Crippen LogP contribution in [0.15, 0.2) is 0 Å². The Morgan fingerprint density at radius 1 is 1.50 bits per heavy atom. The monoisotopic (exact) mass is 264 g/mol. The summed E-state index contributed by atoms with van der Waals surface area (Å²) in [5, 5.41) is 0. The molecule has 6 heteroatoms. The van der Waals surface area contributed by atoms with Crippen molar-refractivity contribution in [2.45, 2.75) is 39.2 Å². The van der Waals surface area contributed by atoms with E-state index >= 15 is 0 Å². The van der Waals surface area contributed by atoms with Crippen LogP contribution in [0.5, 0.6) is 0 Å². The maximum absolute atomic E-state index is 12.1. The summed E-state index contributed by atoms with van der Waals surface area (Å²) in [7, 11) is -3.20. The fraction of sp³-hybridized carbons (Fsp3) is 0.900. The lowest BCUT2D eigenvalue weighted by Gasteiger charge is -2.38. The first-order chi connectivity index (χ1) is 7.30. The minimum absolute atomic E-state index is 0.150. The van der Waals surface area contributed by atoms with Crippen LogP contribution in [-0.4, -0.2) is 35.5 Å². The van der Waals surface area contributed by atoms with E-state index in [1.54, 1.807) is 0 Å². The van der Waals surface area contributed by atoms with Gasteiger partial charge in [-0.3, -0.25) is 0 Å². The van der Waals surface area contributed by atoms with Crippen LogP contribution in [0, 0.1) is 5.92 Å². The van der Waals surface area contributed by atoms with Crippen LogP contribution in [0.25, 0.3) is 0 Å². The molecule has 0 aromatic heterocycles. The van der Waals surface area contributed by atoms with Crippen LogP contribution in [0.1, 0.15) is 33.6 Å². The van der Waals surface area contributed by atoms with Crippen molar-refractivity contribution in [3.8, 4) is 0 Å². The molecular formula is C10H20N2O2S2. The highest BCUT2D eigenvalue weighted by molar-refractivity contribution is 7.89. The third-order valence-electron chi connectivity index (χ3n) is 3.41. The minimum Gasteiger partial charge on any atom is -0.392 e. The number of hydrogen-bond donors (Lipinski definition) is 1. The van der Waals surface area contributed by atoms with Gasteiger partial charge in [0.1, 0.15) is 0 Å². The van der Waals surface area contributed by atoms with E-state index in [2.05, 4.69) is 0 Å². The molecule has 16 heavy (non-hydrogen) atoms. The molecule has 0 aromatic carbocycles. The second-order valence-electron chi connectivity index (χ2n) is 4.52. The Morgan fingerprint density at radius 2 is 2.00 bits per heavy atom. The normalized spacial score (nSPS) is 25.8. The van der Waals surface area contributed by atoms with Crippen molar-refractivity contribution < 1.29 is 8.42 Å². The Labute approximate surface area is 103 Å². The molecule has 1 aliphatic heterocycles. The van der Waals surface area contributed by atoms with Crippen LogP contribution in [-0.2, 0) is 10.0 Å². The van der Waals surface area contributed by atoms with Crippen molar-refractivity contribution in [1.82, 2.24) is 4.31 Å². The smallest absolute Gasteiger partial charge is 0.215 e. The first-order valence-electron chi connectivity index (χ1n) is 5.60. The van der Waals surface area contributed by atoms with Crippen molar-refractivity contribution >= 4 is 27.2 Å². The number of sulfonamides is 1. The minimum atomic E-state index is -3.20. The molecule has 1 unspecified atom stereocenters. The average Bonchev–Trinajstić information content (AvgIpc) is 2.43. The Hall–Kier alpha value is -0.200. The largest absolute Gasteiger partial charge is 0.392 e. The summed E-state index contributed by atoms with van der Waals surface area (Å²) < 4.78 is 25.6. The molecule has 1 rings (SSSR count). The van der Waals surface area contributed by atoms with Gasteiger partial charge in [0.25, 0.3) is 0 Å². The molecule has 4 nitrogen and oxygen atoms in total. The molecule has 0 spiro atoms. The van der Waals surface area contributed by atoms with Gasteiger partial charge in [-0.1, -0.05) is 33.0 Å². The van der Waals surface area contributed by atoms with Gasteiger partial charge in [0.05, 0.1) is 16.3 Å². The quantitative estimate of drug-likeness (QED) is 0.773. The molecule has 0 aliphatic carbocycles. The van der Waals surface area contributed by atoms with E-state index < -0.39 is 15.6 Å². The van der Waals surface area contributed by atoms with E-state index in [-0.39, 0.29) is 16.7 Å². The highest BCUT2D eigenvalue weighted by atomic mass is 32.2. The van der Waals surface area contributed by atoms with Crippen molar-refractivity contribution in [2.24, 2.45) is 11.7 Å². The average molecular weight is 264 g/mol. The zero-order valence-electron chi connectivity index (χ0n) is 10.1. The molecule has 0 bridgehead atoms. The van der Waals surface area contributed by atoms with Crippen molar-refractivity contribution in [2.75, 3.05) is 12.3 Å². The molecule has 1 heterocycles. The zero-order chi connectivity index (χ0) is 12.6. The van der Waals surface area contributed by atoms with E-state index in [1.165, 1.54) is 4.31 Å². The second kappa shape index (κ2) is 4.58. The first-order valence-corrected chi connectivity index (χ1v) is 7.62. The highest BCUT2D eigenvalue weighted by Crippen LogP contribution is 2.33. The summed E-state index contributed by atoms with van der Waals surface area (Å²) in [6.07, 6.45) is 1.26. The summed E-state index contributed by atoms with van der Waals surface area (Å²) in [6, 6.07) is 0. The fourth-order valence-electron chi connectivity index (χ4n) is 2.41. The number of hydrogen-bond acceptors (Lipinski definition) is 3. The van der Waals surface area contributed by atoms with Gasteiger partial charge in [0.15, 0.2) is 0 Å². The van der Waals surface area contributed by atoms with Crippen LogP contribution in [0.4, 0.5) is 0 Å². The zero-order valence-corrected chi connectivity index (χ0v) is 11.7. The van der Waals surface area contributed by atoms with E-state index in [9.17, 15) is 8.42 Å². The summed E-state index contributed by atoms with van der Waals surface area (Å²) in [4.78, 5) is 0.287. The van der Waals surface area contributed by atoms with Crippen LogP contribution in [0.2, 0.25) is 0 Å². The molecule has 0 amide bonds. The van der Waals surface area contributed by atoms with Crippen LogP contribution < -0.4 is 5.73 Å². The predicted molar refractivity (Wildman–Crippen MR) is 69.8 cm³/mol. The predicted octanol–water partition coefficient (Wildman–Crippen LogP) is 1.11. The van der Waals surface area contributed by atoms with Crippen molar-refractivity contribution in [3.05, 3.63) is 0 Å². The van der Waals surface area contributed by atoms with Gasteiger partial charge in [-0.25, -0.2) is 8.42 Å². The maximum atomic E-state index is 12.1. The number of nitrogens with zero attached hydrogens (tertiary/aromatic N) is 1. The molecule has 94 valence electrons. The van der Waals surface area contributed by atoms with Gasteiger partial charge in [0.2, 0.25) is 10.0 Å². The molecule has 1 aliphatic rings. The first kappa shape index (κ1) is 13.9. The van der Waals surface area contributed by atoms with Gasteiger partial charge < -0.3 is 5.73 Å². The van der Waals surface area contributed by atoms with Gasteiger partial charge in [-0.15, -0.1) is 0 Å².